The molecule has 0 radical (unpaired) electrons. The van der Waals surface area contributed by atoms with E-state index in [0.29, 0.717) is 18.9 Å². The summed E-state index contributed by atoms with van der Waals surface area (Å²) in [4.78, 5) is 17.5. The summed E-state index contributed by atoms with van der Waals surface area (Å²) in [6.07, 6.45) is 5.76. The van der Waals surface area contributed by atoms with Crippen molar-refractivity contribution in [2.45, 2.75) is 32.6 Å². The van der Waals surface area contributed by atoms with E-state index in [0.717, 1.165) is 16.3 Å². The first kappa shape index (κ1) is 13.5. The summed E-state index contributed by atoms with van der Waals surface area (Å²) in [6.45, 7) is 2.31. The number of nitrogens with zero attached hydrogens (tertiary/aromatic N) is 1. The third-order valence-corrected chi connectivity index (χ3v) is 4.48. The van der Waals surface area contributed by atoms with Gasteiger partial charge in [0.25, 0.3) is 0 Å². The number of nitrogens with two attached hydrogens (primary N) is 1. The number of hydrogen-bond acceptors (Lipinski definition) is 5. The number of carbonyl (C=O) groups is 1. The Kier molecular flexibility index (Phi) is 4.02. The van der Waals surface area contributed by atoms with Crippen molar-refractivity contribution in [3.05, 3.63) is 16.1 Å². The molecular weight excluding hydrogens is 248 g/mol. The van der Waals surface area contributed by atoms with Gasteiger partial charge in [-0.15, -0.1) is 11.3 Å². The van der Waals surface area contributed by atoms with Gasteiger partial charge in [-0.2, -0.15) is 0 Å². The average Bonchev–Trinajstić information content (AvgIpc) is 3.09. The monoisotopic (exact) mass is 268 g/mol. The maximum Gasteiger partial charge on any atom is 0.313 e. The van der Waals surface area contributed by atoms with Gasteiger partial charge in [0, 0.05) is 24.0 Å². The molecule has 18 heavy (non-hydrogen) atoms. The standard InChI is InChI=1S/C13H20N2O2S/c1-9-15-7-11(18-9)6-13(8-14,12(16)17-2)5-10-3-4-10/h7,10H,3-6,8,14H2,1-2H3. The third-order valence-electron chi connectivity index (χ3n) is 3.57. The first-order valence-electron chi connectivity index (χ1n) is 6.29. The zero-order chi connectivity index (χ0) is 13.2. The lowest BCUT2D eigenvalue weighted by atomic mass is 9.79. The van der Waals surface area contributed by atoms with E-state index in [2.05, 4.69) is 4.98 Å². The average molecular weight is 268 g/mol. The Labute approximate surface area is 112 Å². The highest BCUT2D eigenvalue weighted by Gasteiger charge is 2.43. The summed E-state index contributed by atoms with van der Waals surface area (Å²) >= 11 is 1.63. The molecule has 1 fully saturated rings. The Hall–Kier alpha value is -0.940. The Morgan fingerprint density at radius 1 is 1.67 bits per heavy atom. The lowest BCUT2D eigenvalue weighted by Gasteiger charge is -2.29. The molecule has 1 unspecified atom stereocenters. The molecule has 0 aliphatic heterocycles. The van der Waals surface area contributed by atoms with Crippen LogP contribution in [0, 0.1) is 18.3 Å². The molecule has 1 saturated carbocycles. The summed E-state index contributed by atoms with van der Waals surface area (Å²) in [5, 5.41) is 1.02. The number of aryl methyl sites for hydroxylation is 1. The van der Waals surface area contributed by atoms with Crippen molar-refractivity contribution in [1.82, 2.24) is 4.98 Å². The molecule has 2 N–H and O–H groups in total. The van der Waals surface area contributed by atoms with Crippen LogP contribution in [-0.2, 0) is 16.0 Å². The van der Waals surface area contributed by atoms with Gasteiger partial charge in [0.15, 0.2) is 0 Å². The fourth-order valence-corrected chi connectivity index (χ4v) is 3.32. The summed E-state index contributed by atoms with van der Waals surface area (Å²) < 4.78 is 4.98. The van der Waals surface area contributed by atoms with Crippen molar-refractivity contribution in [2.24, 2.45) is 17.1 Å². The van der Waals surface area contributed by atoms with E-state index >= 15 is 0 Å². The predicted octanol–water partition coefficient (Wildman–Crippen LogP) is 1.91. The van der Waals surface area contributed by atoms with Gasteiger partial charge in [-0.05, 0) is 19.3 Å². The first-order chi connectivity index (χ1) is 8.59. The zero-order valence-electron chi connectivity index (χ0n) is 10.9. The fourth-order valence-electron chi connectivity index (χ4n) is 2.38. The molecule has 1 aromatic rings. The number of carbonyl (C=O) groups excluding carboxylic acids is 1. The number of aromatic nitrogens is 1. The minimum absolute atomic E-state index is 0.178. The van der Waals surface area contributed by atoms with E-state index in [9.17, 15) is 4.79 Å². The van der Waals surface area contributed by atoms with Crippen molar-refractivity contribution in [3.8, 4) is 0 Å². The minimum Gasteiger partial charge on any atom is -0.469 e. The number of methoxy groups -OCH3 is 1. The van der Waals surface area contributed by atoms with Gasteiger partial charge >= 0.3 is 5.97 Å². The largest absolute Gasteiger partial charge is 0.469 e. The lowest BCUT2D eigenvalue weighted by Crippen LogP contribution is -2.42. The van der Waals surface area contributed by atoms with Crippen molar-refractivity contribution in [3.63, 3.8) is 0 Å². The normalized spacial score (nSPS) is 18.4. The smallest absolute Gasteiger partial charge is 0.313 e. The van der Waals surface area contributed by atoms with Gasteiger partial charge in [-0.1, -0.05) is 12.8 Å². The van der Waals surface area contributed by atoms with E-state index in [1.54, 1.807) is 11.3 Å². The Bertz CT molecular complexity index is 428. The number of thiazole rings is 1. The van der Waals surface area contributed by atoms with Crippen LogP contribution < -0.4 is 5.73 Å². The van der Waals surface area contributed by atoms with Crippen LogP contribution in [0.5, 0.6) is 0 Å². The summed E-state index contributed by atoms with van der Waals surface area (Å²) in [7, 11) is 1.44. The van der Waals surface area contributed by atoms with Crippen LogP contribution >= 0.6 is 11.3 Å². The van der Waals surface area contributed by atoms with Crippen molar-refractivity contribution >= 4 is 17.3 Å². The maximum absolute atomic E-state index is 12.1. The molecule has 0 amide bonds. The molecule has 100 valence electrons. The van der Waals surface area contributed by atoms with Crippen molar-refractivity contribution in [1.29, 1.82) is 0 Å². The Morgan fingerprint density at radius 2 is 2.39 bits per heavy atom. The Morgan fingerprint density at radius 3 is 2.83 bits per heavy atom. The molecule has 0 bridgehead atoms. The van der Waals surface area contributed by atoms with Gasteiger partial charge < -0.3 is 10.5 Å². The molecule has 1 aliphatic rings. The zero-order valence-corrected chi connectivity index (χ0v) is 11.8. The van der Waals surface area contributed by atoms with Gasteiger partial charge in [-0.3, -0.25) is 4.79 Å². The van der Waals surface area contributed by atoms with Gasteiger partial charge in [0.05, 0.1) is 17.5 Å². The molecule has 0 aromatic carbocycles. The lowest BCUT2D eigenvalue weighted by molar-refractivity contribution is -0.153. The highest BCUT2D eigenvalue weighted by atomic mass is 32.1. The van der Waals surface area contributed by atoms with E-state index in [1.165, 1.54) is 20.0 Å². The second kappa shape index (κ2) is 5.36. The van der Waals surface area contributed by atoms with Gasteiger partial charge in [0.1, 0.15) is 0 Å². The Balaban J connectivity index is 2.18. The highest BCUT2D eigenvalue weighted by Crippen LogP contribution is 2.42. The highest BCUT2D eigenvalue weighted by molar-refractivity contribution is 7.11. The summed E-state index contributed by atoms with van der Waals surface area (Å²) in [5.41, 5.74) is 5.34. The number of rotatable bonds is 6. The van der Waals surface area contributed by atoms with Crippen LogP contribution in [0.2, 0.25) is 0 Å². The van der Waals surface area contributed by atoms with Crippen LogP contribution in [-0.4, -0.2) is 24.6 Å². The summed E-state index contributed by atoms with van der Waals surface area (Å²) in [6, 6.07) is 0. The minimum atomic E-state index is -0.561. The molecule has 0 saturated heterocycles. The van der Waals surface area contributed by atoms with Crippen molar-refractivity contribution < 1.29 is 9.53 Å². The molecule has 4 nitrogen and oxygen atoms in total. The molecule has 1 heterocycles. The SMILES string of the molecule is COC(=O)C(CN)(Cc1cnc(C)s1)CC1CC1. The van der Waals surface area contributed by atoms with Crippen molar-refractivity contribution in [2.75, 3.05) is 13.7 Å². The van der Waals surface area contributed by atoms with Gasteiger partial charge in [-0.25, -0.2) is 4.98 Å². The van der Waals surface area contributed by atoms with Gasteiger partial charge in [0.2, 0.25) is 0 Å². The fraction of sp³-hybridized carbons (Fsp3) is 0.692. The number of ether oxygens (including phenoxy) is 1. The molecule has 0 spiro atoms. The van der Waals surface area contributed by atoms with E-state index in [1.807, 2.05) is 13.1 Å². The second-order valence-corrected chi connectivity index (χ2v) is 6.47. The maximum atomic E-state index is 12.1. The van der Waals surface area contributed by atoms with E-state index < -0.39 is 5.41 Å². The molecule has 2 rings (SSSR count). The molecular formula is C13H20N2O2S. The van der Waals surface area contributed by atoms with Crippen LogP contribution in [0.3, 0.4) is 0 Å². The predicted molar refractivity (Wildman–Crippen MR) is 71.4 cm³/mol. The van der Waals surface area contributed by atoms with Crippen LogP contribution in [0.15, 0.2) is 6.20 Å². The first-order valence-corrected chi connectivity index (χ1v) is 7.11. The van der Waals surface area contributed by atoms with Crippen LogP contribution in [0.1, 0.15) is 29.1 Å². The summed E-state index contributed by atoms with van der Waals surface area (Å²) in [5.74, 6) is 0.463. The third kappa shape index (κ3) is 2.90. The molecule has 5 heteroatoms. The molecule has 1 atom stereocenters. The van der Waals surface area contributed by atoms with E-state index in [-0.39, 0.29) is 5.97 Å². The number of hydrogen-bond donors (Lipinski definition) is 1. The topological polar surface area (TPSA) is 65.2 Å². The second-order valence-electron chi connectivity index (χ2n) is 5.15. The van der Waals surface area contributed by atoms with Crippen LogP contribution in [0.4, 0.5) is 0 Å². The quantitative estimate of drug-likeness (QED) is 0.800. The van der Waals surface area contributed by atoms with Crippen LogP contribution in [0.25, 0.3) is 0 Å². The molecule has 1 aliphatic carbocycles. The van der Waals surface area contributed by atoms with E-state index in [4.69, 9.17) is 10.5 Å². The molecule has 1 aromatic heterocycles. The number of esters is 1.